The molecule has 0 unspecified atom stereocenters. The van der Waals surface area contributed by atoms with Crippen molar-refractivity contribution in [1.29, 1.82) is 5.26 Å². The molecule has 0 bridgehead atoms. The Morgan fingerprint density at radius 2 is 2.00 bits per heavy atom. The van der Waals surface area contributed by atoms with Gasteiger partial charge in [-0.25, -0.2) is 4.39 Å². The van der Waals surface area contributed by atoms with Crippen LogP contribution in [0.5, 0.6) is 0 Å². The second-order valence-corrected chi connectivity index (χ2v) is 4.16. The molecule has 0 amide bonds. The van der Waals surface area contributed by atoms with E-state index in [0.717, 1.165) is 5.56 Å². The first-order chi connectivity index (χ1) is 8.70. The highest BCUT2D eigenvalue weighted by molar-refractivity contribution is 6.31. The summed E-state index contributed by atoms with van der Waals surface area (Å²) in [5, 5.41) is 12.5. The van der Waals surface area contributed by atoms with E-state index in [1.165, 1.54) is 12.1 Å². The molecule has 0 aromatic heterocycles. The first-order valence-corrected chi connectivity index (χ1v) is 5.75. The number of halogens is 2. The van der Waals surface area contributed by atoms with Gasteiger partial charge in [0.25, 0.3) is 0 Å². The summed E-state index contributed by atoms with van der Waals surface area (Å²) in [5.74, 6) is -0.513. The normalized spacial score (nSPS) is 9.83. The van der Waals surface area contributed by atoms with Gasteiger partial charge in [-0.05, 0) is 29.8 Å². The van der Waals surface area contributed by atoms with E-state index in [9.17, 15) is 4.39 Å². The molecule has 0 fully saturated rings. The molecule has 18 heavy (non-hydrogen) atoms. The lowest BCUT2D eigenvalue weighted by molar-refractivity contribution is 0.624. The van der Waals surface area contributed by atoms with Gasteiger partial charge in [0.05, 0.1) is 5.56 Å². The molecule has 0 aliphatic rings. The van der Waals surface area contributed by atoms with Crippen molar-refractivity contribution in [3.05, 3.63) is 64.4 Å². The van der Waals surface area contributed by atoms with Gasteiger partial charge >= 0.3 is 0 Å². The topological polar surface area (TPSA) is 35.8 Å². The molecule has 0 saturated carbocycles. The molecular formula is C14H10ClFN2. The second kappa shape index (κ2) is 5.52. The number of nitrogens with zero attached hydrogens (tertiary/aromatic N) is 1. The first kappa shape index (κ1) is 12.4. The predicted octanol–water partition coefficient (Wildman–Crippen LogP) is 3.96. The van der Waals surface area contributed by atoms with Crippen molar-refractivity contribution in [2.75, 3.05) is 5.32 Å². The Kier molecular flexibility index (Phi) is 3.81. The van der Waals surface area contributed by atoms with Crippen molar-refractivity contribution in [2.45, 2.75) is 6.54 Å². The van der Waals surface area contributed by atoms with Gasteiger partial charge in [0.15, 0.2) is 0 Å². The summed E-state index contributed by atoms with van der Waals surface area (Å²) in [4.78, 5) is 0. The first-order valence-electron chi connectivity index (χ1n) is 5.37. The Hall–Kier alpha value is -2.05. The number of hydrogen-bond donors (Lipinski definition) is 1. The van der Waals surface area contributed by atoms with Crippen LogP contribution in [0.2, 0.25) is 5.02 Å². The van der Waals surface area contributed by atoms with Crippen molar-refractivity contribution >= 4 is 17.3 Å². The minimum absolute atomic E-state index is 0.0270. The van der Waals surface area contributed by atoms with Crippen molar-refractivity contribution in [2.24, 2.45) is 0 Å². The van der Waals surface area contributed by atoms with Crippen LogP contribution in [0.15, 0.2) is 42.5 Å². The lowest BCUT2D eigenvalue weighted by atomic mass is 10.2. The highest BCUT2D eigenvalue weighted by atomic mass is 35.5. The van der Waals surface area contributed by atoms with E-state index in [4.69, 9.17) is 16.9 Å². The Labute approximate surface area is 110 Å². The van der Waals surface area contributed by atoms with E-state index in [1.807, 2.05) is 24.3 Å². The molecule has 0 saturated heterocycles. The third-order valence-corrected chi connectivity index (χ3v) is 2.90. The summed E-state index contributed by atoms with van der Waals surface area (Å²) >= 11 is 6.02. The number of nitrogens with one attached hydrogen (secondary N) is 1. The fraction of sp³-hybridized carbons (Fsp3) is 0.0714. The van der Waals surface area contributed by atoms with Gasteiger partial charge in [0.2, 0.25) is 0 Å². The van der Waals surface area contributed by atoms with Gasteiger partial charge in [-0.2, -0.15) is 5.26 Å². The fourth-order valence-corrected chi connectivity index (χ4v) is 1.76. The maximum atomic E-state index is 13.1. The SMILES string of the molecule is N#Cc1cc(NCc2ccccc2Cl)ccc1F. The van der Waals surface area contributed by atoms with E-state index >= 15 is 0 Å². The Balaban J connectivity index is 2.12. The van der Waals surface area contributed by atoms with E-state index < -0.39 is 5.82 Å². The summed E-state index contributed by atoms with van der Waals surface area (Å²) < 4.78 is 13.1. The van der Waals surface area contributed by atoms with Crippen LogP contribution in [-0.2, 0) is 6.54 Å². The van der Waals surface area contributed by atoms with Crippen LogP contribution in [0, 0.1) is 17.1 Å². The van der Waals surface area contributed by atoms with E-state index in [2.05, 4.69) is 5.32 Å². The summed E-state index contributed by atoms with van der Waals surface area (Å²) in [6.45, 7) is 0.524. The third kappa shape index (κ3) is 2.79. The Bertz CT molecular complexity index is 605. The Morgan fingerprint density at radius 3 is 2.72 bits per heavy atom. The number of hydrogen-bond acceptors (Lipinski definition) is 2. The molecule has 1 N–H and O–H groups in total. The van der Waals surface area contributed by atoms with Gasteiger partial charge in [-0.15, -0.1) is 0 Å². The van der Waals surface area contributed by atoms with Crippen LogP contribution in [-0.4, -0.2) is 0 Å². The molecular weight excluding hydrogens is 251 g/mol. The number of benzene rings is 2. The van der Waals surface area contributed by atoms with Crippen LogP contribution >= 0.6 is 11.6 Å². The van der Waals surface area contributed by atoms with Crippen molar-refractivity contribution in [3.63, 3.8) is 0 Å². The quantitative estimate of drug-likeness (QED) is 0.907. The summed E-state index contributed by atoms with van der Waals surface area (Å²) in [5.41, 5.74) is 1.66. The maximum absolute atomic E-state index is 13.1. The molecule has 90 valence electrons. The molecule has 0 radical (unpaired) electrons. The molecule has 0 heterocycles. The molecule has 2 rings (SSSR count). The fourth-order valence-electron chi connectivity index (χ4n) is 1.56. The minimum Gasteiger partial charge on any atom is -0.381 e. The van der Waals surface area contributed by atoms with Gasteiger partial charge in [-0.1, -0.05) is 29.8 Å². The molecule has 2 nitrogen and oxygen atoms in total. The average Bonchev–Trinajstić information content (AvgIpc) is 2.39. The van der Waals surface area contributed by atoms with Crippen LogP contribution in [0.1, 0.15) is 11.1 Å². The van der Waals surface area contributed by atoms with E-state index in [1.54, 1.807) is 12.1 Å². The van der Waals surface area contributed by atoms with Crippen LogP contribution in [0.25, 0.3) is 0 Å². The van der Waals surface area contributed by atoms with Crippen LogP contribution in [0.4, 0.5) is 10.1 Å². The van der Waals surface area contributed by atoms with Crippen molar-refractivity contribution < 1.29 is 4.39 Å². The third-order valence-electron chi connectivity index (χ3n) is 2.53. The standard InChI is InChI=1S/C14H10ClFN2/c15-13-4-2-1-3-10(13)9-18-12-5-6-14(16)11(7-12)8-17/h1-7,18H,9H2. The number of nitriles is 1. The zero-order chi connectivity index (χ0) is 13.0. The average molecular weight is 261 g/mol. The lowest BCUT2D eigenvalue weighted by Crippen LogP contribution is -2.00. The minimum atomic E-state index is -0.513. The van der Waals surface area contributed by atoms with Crippen molar-refractivity contribution in [1.82, 2.24) is 0 Å². The summed E-state index contributed by atoms with van der Waals surface area (Å²) in [6, 6.07) is 13.6. The molecule has 0 spiro atoms. The maximum Gasteiger partial charge on any atom is 0.141 e. The van der Waals surface area contributed by atoms with Gasteiger partial charge in [0, 0.05) is 17.3 Å². The molecule has 2 aromatic rings. The predicted molar refractivity (Wildman–Crippen MR) is 69.9 cm³/mol. The van der Waals surface area contributed by atoms with Gasteiger partial charge in [-0.3, -0.25) is 0 Å². The van der Waals surface area contributed by atoms with Crippen LogP contribution in [0.3, 0.4) is 0 Å². The molecule has 4 heteroatoms. The monoisotopic (exact) mass is 260 g/mol. The molecule has 2 aromatic carbocycles. The highest BCUT2D eigenvalue weighted by Gasteiger charge is 2.03. The zero-order valence-corrected chi connectivity index (χ0v) is 10.2. The van der Waals surface area contributed by atoms with Crippen LogP contribution < -0.4 is 5.32 Å². The number of anilines is 1. The second-order valence-electron chi connectivity index (χ2n) is 3.75. The summed E-state index contributed by atoms with van der Waals surface area (Å²) in [7, 11) is 0. The van der Waals surface area contributed by atoms with E-state index in [0.29, 0.717) is 17.3 Å². The lowest BCUT2D eigenvalue weighted by Gasteiger charge is -2.08. The van der Waals surface area contributed by atoms with E-state index in [-0.39, 0.29) is 5.56 Å². The smallest absolute Gasteiger partial charge is 0.141 e. The Morgan fingerprint density at radius 1 is 1.22 bits per heavy atom. The molecule has 0 aliphatic heterocycles. The molecule has 0 atom stereocenters. The highest BCUT2D eigenvalue weighted by Crippen LogP contribution is 2.18. The largest absolute Gasteiger partial charge is 0.381 e. The molecule has 0 aliphatic carbocycles. The summed E-state index contributed by atoms with van der Waals surface area (Å²) in [6.07, 6.45) is 0. The number of rotatable bonds is 3. The van der Waals surface area contributed by atoms with Crippen molar-refractivity contribution in [3.8, 4) is 6.07 Å². The van der Waals surface area contributed by atoms with Gasteiger partial charge in [0.1, 0.15) is 11.9 Å². The zero-order valence-electron chi connectivity index (χ0n) is 9.45. The van der Waals surface area contributed by atoms with Gasteiger partial charge < -0.3 is 5.32 Å².